The first-order valence-electron chi connectivity index (χ1n) is 10.4. The zero-order valence-electron chi connectivity index (χ0n) is 16.8. The predicted molar refractivity (Wildman–Crippen MR) is 102 cm³/mol. The Hall–Kier alpha value is -1.33. The van der Waals surface area contributed by atoms with Gasteiger partial charge in [0.25, 0.3) is 0 Å². The first-order chi connectivity index (χ1) is 14.1. The van der Waals surface area contributed by atoms with Gasteiger partial charge in [-0.05, 0) is 24.3 Å². The lowest BCUT2D eigenvalue weighted by Crippen LogP contribution is -2.59. The fourth-order valence-corrected chi connectivity index (χ4v) is 5.53. The standard InChI is InChI=1S/C21H30O9/c1-7-4-11(23)15-9(3)20(27)30-19(15)14-8(2)12(5-10(7)14)28-21-18(26)17(25)16(24)13(6-22)29-21/h9-19,21-26H,1-2,4-6H2,3H3/t9-,10+,11+,12+,13-,14+,15-,16-,17+,18-,19-,21-/m1/s1. The van der Waals surface area contributed by atoms with E-state index in [0.717, 1.165) is 5.57 Å². The molecular formula is C21H30O9. The smallest absolute Gasteiger partial charge is 0.309 e. The molecule has 12 atom stereocenters. The van der Waals surface area contributed by atoms with Crippen LogP contribution >= 0.6 is 0 Å². The van der Waals surface area contributed by atoms with E-state index in [2.05, 4.69) is 13.2 Å². The third-order valence-corrected chi connectivity index (χ3v) is 7.26. The highest BCUT2D eigenvalue weighted by Gasteiger charge is 2.57. The fourth-order valence-electron chi connectivity index (χ4n) is 5.53. The van der Waals surface area contributed by atoms with E-state index in [1.807, 2.05) is 0 Å². The number of aliphatic hydroxyl groups is 5. The summed E-state index contributed by atoms with van der Waals surface area (Å²) in [5, 5.41) is 50.3. The van der Waals surface area contributed by atoms with E-state index in [0.29, 0.717) is 18.4 Å². The molecule has 4 aliphatic rings. The lowest BCUT2D eigenvalue weighted by atomic mass is 9.79. The number of rotatable bonds is 3. The summed E-state index contributed by atoms with van der Waals surface area (Å²) in [6, 6.07) is 0. The minimum absolute atomic E-state index is 0.130. The van der Waals surface area contributed by atoms with Crippen LogP contribution < -0.4 is 0 Å². The number of hydrogen-bond donors (Lipinski definition) is 5. The van der Waals surface area contributed by atoms with Gasteiger partial charge >= 0.3 is 5.97 Å². The number of hydrogen-bond acceptors (Lipinski definition) is 9. The summed E-state index contributed by atoms with van der Waals surface area (Å²) in [4.78, 5) is 12.2. The van der Waals surface area contributed by atoms with Crippen LogP contribution in [0.4, 0.5) is 0 Å². The SMILES string of the molecule is C=C1[C@@H]2[C@H]3OC(=O)[C@H](C)[C@@H]3[C@@H](O)CC(=C)[C@@H]2C[C@@H]1O[C@@H]1O[C@H](CO)[C@@H](O)[C@H](O)[C@H]1O. The quantitative estimate of drug-likeness (QED) is 0.279. The highest BCUT2D eigenvalue weighted by Crippen LogP contribution is 2.53. The van der Waals surface area contributed by atoms with Crippen molar-refractivity contribution in [1.29, 1.82) is 0 Å². The maximum atomic E-state index is 12.2. The van der Waals surface area contributed by atoms with Gasteiger partial charge in [0, 0.05) is 11.8 Å². The van der Waals surface area contributed by atoms with Gasteiger partial charge in [-0.1, -0.05) is 25.7 Å². The summed E-state index contributed by atoms with van der Waals surface area (Å²) in [7, 11) is 0. The Kier molecular flexibility index (Phi) is 5.82. The lowest BCUT2D eigenvalue weighted by molar-refractivity contribution is -0.308. The van der Waals surface area contributed by atoms with Crippen molar-refractivity contribution in [1.82, 2.24) is 0 Å². The minimum atomic E-state index is -1.54. The van der Waals surface area contributed by atoms with Gasteiger partial charge in [-0.2, -0.15) is 0 Å². The van der Waals surface area contributed by atoms with Gasteiger partial charge in [-0.25, -0.2) is 0 Å². The molecule has 0 aromatic rings. The molecule has 0 unspecified atom stereocenters. The molecule has 9 heteroatoms. The molecule has 30 heavy (non-hydrogen) atoms. The summed E-state index contributed by atoms with van der Waals surface area (Å²) in [5.74, 6) is -1.57. The molecule has 0 spiro atoms. The number of ether oxygens (including phenoxy) is 3. The molecular weight excluding hydrogens is 396 g/mol. The molecule has 168 valence electrons. The lowest BCUT2D eigenvalue weighted by Gasteiger charge is -2.40. The molecule has 0 amide bonds. The van der Waals surface area contributed by atoms with Crippen molar-refractivity contribution in [2.24, 2.45) is 23.7 Å². The van der Waals surface area contributed by atoms with Gasteiger partial charge in [-0.15, -0.1) is 0 Å². The maximum Gasteiger partial charge on any atom is 0.309 e. The highest BCUT2D eigenvalue weighted by molar-refractivity contribution is 5.75. The van der Waals surface area contributed by atoms with Gasteiger partial charge in [0.05, 0.1) is 24.7 Å². The number of esters is 1. The number of carbonyl (C=O) groups excluding carboxylic acids is 1. The zero-order valence-corrected chi connectivity index (χ0v) is 16.8. The number of carbonyl (C=O) groups is 1. The van der Waals surface area contributed by atoms with Crippen molar-refractivity contribution < 1.29 is 44.5 Å². The molecule has 0 radical (unpaired) electrons. The second kappa shape index (κ2) is 7.98. The average Bonchev–Trinajstić information content (AvgIpc) is 3.15. The van der Waals surface area contributed by atoms with Gasteiger partial charge in [-0.3, -0.25) is 4.79 Å². The Labute approximate surface area is 174 Å². The van der Waals surface area contributed by atoms with Crippen LogP contribution in [0, 0.1) is 23.7 Å². The van der Waals surface area contributed by atoms with Gasteiger partial charge in [0.15, 0.2) is 6.29 Å². The Morgan fingerprint density at radius 3 is 2.50 bits per heavy atom. The number of fused-ring (bicyclic) bond motifs is 3. The van der Waals surface area contributed by atoms with Gasteiger partial charge < -0.3 is 39.7 Å². The average molecular weight is 426 g/mol. The second-order valence-corrected chi connectivity index (χ2v) is 8.96. The molecule has 9 nitrogen and oxygen atoms in total. The van der Waals surface area contributed by atoms with E-state index in [9.17, 15) is 30.3 Å². The number of aliphatic hydroxyl groups excluding tert-OH is 5. The van der Waals surface area contributed by atoms with Crippen molar-refractivity contribution in [3.63, 3.8) is 0 Å². The van der Waals surface area contributed by atoms with E-state index in [1.54, 1.807) is 6.92 Å². The maximum absolute atomic E-state index is 12.2. The molecule has 2 aliphatic heterocycles. The molecule has 2 saturated carbocycles. The third-order valence-electron chi connectivity index (χ3n) is 7.26. The normalized spacial score (nSPS) is 51.3. The molecule has 0 bridgehead atoms. The Bertz CT molecular complexity index is 721. The van der Waals surface area contributed by atoms with Crippen molar-refractivity contribution in [2.75, 3.05) is 6.61 Å². The largest absolute Gasteiger partial charge is 0.461 e. The van der Waals surface area contributed by atoms with Gasteiger partial charge in [0.2, 0.25) is 0 Å². The summed E-state index contributed by atoms with van der Waals surface area (Å²) in [5.41, 5.74) is 1.47. The summed E-state index contributed by atoms with van der Waals surface area (Å²) in [6.45, 7) is 9.49. The van der Waals surface area contributed by atoms with Crippen LogP contribution in [0.15, 0.2) is 24.3 Å². The summed E-state index contributed by atoms with van der Waals surface area (Å²) in [6.07, 6.45) is -7.91. The molecule has 4 rings (SSSR count). The van der Waals surface area contributed by atoms with Crippen molar-refractivity contribution in [3.8, 4) is 0 Å². The Balaban J connectivity index is 1.55. The van der Waals surface area contributed by atoms with Crippen molar-refractivity contribution in [2.45, 2.75) is 68.8 Å². The van der Waals surface area contributed by atoms with Crippen LogP contribution in [0.5, 0.6) is 0 Å². The van der Waals surface area contributed by atoms with Gasteiger partial charge in [0.1, 0.15) is 30.5 Å². The first-order valence-corrected chi connectivity index (χ1v) is 10.4. The zero-order chi connectivity index (χ0) is 21.9. The molecule has 0 aromatic carbocycles. The van der Waals surface area contributed by atoms with E-state index in [1.165, 1.54) is 0 Å². The van der Waals surface area contributed by atoms with Crippen LogP contribution in [-0.2, 0) is 19.0 Å². The van der Waals surface area contributed by atoms with Crippen molar-refractivity contribution in [3.05, 3.63) is 24.3 Å². The highest BCUT2D eigenvalue weighted by atomic mass is 16.7. The molecule has 0 aromatic heterocycles. The monoisotopic (exact) mass is 426 g/mol. The van der Waals surface area contributed by atoms with E-state index < -0.39 is 61.5 Å². The Morgan fingerprint density at radius 1 is 1.13 bits per heavy atom. The van der Waals surface area contributed by atoms with Crippen LogP contribution in [0.2, 0.25) is 0 Å². The second-order valence-electron chi connectivity index (χ2n) is 8.96. The third kappa shape index (κ3) is 3.33. The van der Waals surface area contributed by atoms with Crippen LogP contribution in [-0.4, -0.2) is 87.1 Å². The van der Waals surface area contributed by atoms with Crippen LogP contribution in [0.25, 0.3) is 0 Å². The summed E-state index contributed by atoms with van der Waals surface area (Å²) < 4.78 is 17.0. The Morgan fingerprint density at radius 2 is 1.83 bits per heavy atom. The first kappa shape index (κ1) is 21.9. The molecule has 2 saturated heterocycles. The fraction of sp³-hybridized carbons (Fsp3) is 0.762. The molecule has 2 aliphatic carbocycles. The van der Waals surface area contributed by atoms with E-state index in [4.69, 9.17) is 14.2 Å². The van der Waals surface area contributed by atoms with E-state index >= 15 is 0 Å². The van der Waals surface area contributed by atoms with Crippen LogP contribution in [0.1, 0.15) is 19.8 Å². The van der Waals surface area contributed by atoms with Crippen LogP contribution in [0.3, 0.4) is 0 Å². The topological polar surface area (TPSA) is 146 Å². The molecule has 2 heterocycles. The van der Waals surface area contributed by atoms with E-state index in [-0.39, 0.29) is 23.7 Å². The molecule has 5 N–H and O–H groups in total. The minimum Gasteiger partial charge on any atom is -0.461 e. The molecule has 4 fully saturated rings. The van der Waals surface area contributed by atoms with Crippen molar-refractivity contribution >= 4 is 5.97 Å². The summed E-state index contributed by atoms with van der Waals surface area (Å²) >= 11 is 0. The predicted octanol–water partition coefficient (Wildman–Crippen LogP) is -1.14.